The van der Waals surface area contributed by atoms with Gasteiger partial charge in [-0.2, -0.15) is 5.26 Å². The second kappa shape index (κ2) is 6.74. The zero-order valence-electron chi connectivity index (χ0n) is 14.8. The highest BCUT2D eigenvalue weighted by Crippen LogP contribution is 2.46. The summed E-state index contributed by atoms with van der Waals surface area (Å²) in [6, 6.07) is 4.26. The molecule has 2 aliphatic rings. The van der Waals surface area contributed by atoms with E-state index in [-0.39, 0.29) is 21.3 Å². The van der Waals surface area contributed by atoms with Gasteiger partial charge in [0.15, 0.2) is 5.11 Å². The number of nitrogens with zero attached hydrogens (tertiary/aromatic N) is 2. The summed E-state index contributed by atoms with van der Waals surface area (Å²) in [5, 5.41) is 14.6. The fourth-order valence-corrected chi connectivity index (χ4v) is 4.91. The predicted molar refractivity (Wildman–Crippen MR) is 105 cm³/mol. The van der Waals surface area contributed by atoms with E-state index in [0.717, 1.165) is 28.1 Å². The number of hydrogen-bond donors (Lipinski definition) is 2. The molecular weight excluding hydrogens is 368 g/mol. The van der Waals surface area contributed by atoms with E-state index in [9.17, 15) is 14.9 Å². The van der Waals surface area contributed by atoms with Crippen LogP contribution >= 0.6 is 24.0 Å². The van der Waals surface area contributed by atoms with Crippen molar-refractivity contribution in [3.8, 4) is 6.07 Å². The minimum atomic E-state index is -0.513. The second-order valence-corrected chi connectivity index (χ2v) is 8.17. The molecule has 2 unspecified atom stereocenters. The molecule has 0 radical (unpaired) electrons. The summed E-state index contributed by atoms with van der Waals surface area (Å²) < 4.78 is 2.09. The molecule has 3 rings (SSSR count). The van der Waals surface area contributed by atoms with Gasteiger partial charge in [-0.3, -0.25) is 20.2 Å². The minimum absolute atomic E-state index is 0.0123. The summed E-state index contributed by atoms with van der Waals surface area (Å²) >= 11 is 6.53. The van der Waals surface area contributed by atoms with Crippen molar-refractivity contribution in [2.75, 3.05) is 0 Å². The van der Waals surface area contributed by atoms with Crippen LogP contribution in [0.25, 0.3) is 6.08 Å². The van der Waals surface area contributed by atoms with Gasteiger partial charge >= 0.3 is 0 Å². The zero-order chi connectivity index (χ0) is 19.2. The molecule has 134 valence electrons. The molecule has 2 N–H and O–H groups in total. The Balaban J connectivity index is 2.04. The van der Waals surface area contributed by atoms with Crippen molar-refractivity contribution in [3.05, 3.63) is 39.7 Å². The number of nitrogens with one attached hydrogen (secondary N) is 2. The van der Waals surface area contributed by atoms with Gasteiger partial charge in [0.05, 0.1) is 11.6 Å². The summed E-state index contributed by atoms with van der Waals surface area (Å²) in [6.45, 7) is 7.97. The van der Waals surface area contributed by atoms with Crippen LogP contribution in [0.1, 0.15) is 36.2 Å². The first-order chi connectivity index (χ1) is 12.2. The van der Waals surface area contributed by atoms with Crippen LogP contribution in [0.2, 0.25) is 0 Å². The van der Waals surface area contributed by atoms with E-state index in [0.29, 0.717) is 0 Å². The highest BCUT2D eigenvalue weighted by molar-refractivity contribution is 8.00. The molecule has 2 aliphatic heterocycles. The summed E-state index contributed by atoms with van der Waals surface area (Å²) in [5.74, 6) is -1.03. The van der Waals surface area contributed by atoms with Crippen molar-refractivity contribution in [3.63, 3.8) is 0 Å². The summed E-state index contributed by atoms with van der Waals surface area (Å²) in [7, 11) is 0. The maximum absolute atomic E-state index is 12.1. The van der Waals surface area contributed by atoms with Gasteiger partial charge in [0, 0.05) is 16.6 Å². The third-order valence-electron chi connectivity index (χ3n) is 4.74. The number of thioether (sulfide) groups is 1. The van der Waals surface area contributed by atoms with E-state index >= 15 is 0 Å². The van der Waals surface area contributed by atoms with E-state index < -0.39 is 11.8 Å². The molecule has 1 saturated heterocycles. The monoisotopic (exact) mass is 386 g/mol. The standard InChI is InChI=1S/C18H18N4O2S2/c1-8-5-12(6-13-15(23)20-18(25)21-16(13)24)10(3)22(8)17-14(7-19)9(2)11(4)26-17/h5-6,11,17H,1-4H3,(H2,20,21,23,24,25). The fraction of sp³-hybridized carbons (Fsp3) is 0.333. The molecule has 0 saturated carbocycles. The van der Waals surface area contributed by atoms with Crippen molar-refractivity contribution >= 4 is 47.0 Å². The average molecular weight is 387 g/mol. The Labute approximate surface area is 161 Å². The SMILES string of the molecule is CC1=C(C#N)C(n2c(C)cc(C=C3C(=O)NC(=S)NC3=O)c2C)SC1C. The van der Waals surface area contributed by atoms with Gasteiger partial charge in [-0.05, 0) is 63.2 Å². The molecule has 2 atom stereocenters. The van der Waals surface area contributed by atoms with Crippen molar-refractivity contribution in [2.45, 2.75) is 38.3 Å². The van der Waals surface area contributed by atoms with Crippen molar-refractivity contribution in [2.24, 2.45) is 0 Å². The maximum atomic E-state index is 12.1. The van der Waals surface area contributed by atoms with Gasteiger partial charge < -0.3 is 4.57 Å². The summed E-state index contributed by atoms with van der Waals surface area (Å²) in [4.78, 5) is 24.1. The summed E-state index contributed by atoms with van der Waals surface area (Å²) in [5.41, 5.74) is 4.50. The van der Waals surface area contributed by atoms with Crippen LogP contribution in [-0.2, 0) is 9.59 Å². The van der Waals surface area contributed by atoms with Crippen LogP contribution in [0.5, 0.6) is 0 Å². The number of carbonyl (C=O) groups excluding carboxylic acids is 2. The molecule has 1 aromatic heterocycles. The predicted octanol–water partition coefficient (Wildman–Crippen LogP) is 2.49. The highest BCUT2D eigenvalue weighted by atomic mass is 32.2. The van der Waals surface area contributed by atoms with Crippen LogP contribution in [-0.4, -0.2) is 26.7 Å². The lowest BCUT2D eigenvalue weighted by molar-refractivity contribution is -0.123. The summed E-state index contributed by atoms with van der Waals surface area (Å²) in [6.07, 6.45) is 1.57. The number of aryl methyl sites for hydroxylation is 1. The molecule has 1 fully saturated rings. The van der Waals surface area contributed by atoms with E-state index in [4.69, 9.17) is 12.2 Å². The number of amides is 2. The molecule has 0 aromatic carbocycles. The molecule has 0 bridgehead atoms. The van der Waals surface area contributed by atoms with Crippen LogP contribution in [0.3, 0.4) is 0 Å². The van der Waals surface area contributed by atoms with E-state index in [1.165, 1.54) is 0 Å². The van der Waals surface area contributed by atoms with Gasteiger partial charge in [-0.15, -0.1) is 11.8 Å². The Morgan fingerprint density at radius 2 is 1.88 bits per heavy atom. The van der Waals surface area contributed by atoms with Gasteiger partial charge in [0.1, 0.15) is 10.9 Å². The lowest BCUT2D eigenvalue weighted by Crippen LogP contribution is -2.51. The molecule has 3 heterocycles. The molecule has 1 aromatic rings. The van der Waals surface area contributed by atoms with Crippen molar-refractivity contribution in [1.82, 2.24) is 15.2 Å². The largest absolute Gasteiger partial charge is 0.331 e. The van der Waals surface area contributed by atoms with E-state index in [1.807, 2.05) is 26.8 Å². The first kappa shape index (κ1) is 18.4. The zero-order valence-corrected chi connectivity index (χ0v) is 16.5. The maximum Gasteiger partial charge on any atom is 0.263 e. The molecule has 8 heteroatoms. The first-order valence-electron chi connectivity index (χ1n) is 8.07. The quantitative estimate of drug-likeness (QED) is 0.463. The normalized spacial score (nSPS) is 23.0. The highest BCUT2D eigenvalue weighted by Gasteiger charge is 2.33. The van der Waals surface area contributed by atoms with E-state index in [1.54, 1.807) is 17.8 Å². The second-order valence-electron chi connectivity index (χ2n) is 6.33. The topological polar surface area (TPSA) is 86.9 Å². The average Bonchev–Trinajstić information content (AvgIpc) is 2.99. The Morgan fingerprint density at radius 1 is 1.27 bits per heavy atom. The van der Waals surface area contributed by atoms with Gasteiger partial charge in [0.25, 0.3) is 11.8 Å². The van der Waals surface area contributed by atoms with Crippen LogP contribution in [0.15, 0.2) is 22.8 Å². The number of nitriles is 1. The Bertz CT molecular complexity index is 927. The number of rotatable bonds is 2. The van der Waals surface area contributed by atoms with Gasteiger partial charge in [-0.25, -0.2) is 0 Å². The molecule has 6 nitrogen and oxygen atoms in total. The van der Waals surface area contributed by atoms with E-state index in [2.05, 4.69) is 28.2 Å². The van der Waals surface area contributed by atoms with Crippen LogP contribution in [0.4, 0.5) is 0 Å². The number of hydrogen-bond acceptors (Lipinski definition) is 5. The smallest absolute Gasteiger partial charge is 0.263 e. The minimum Gasteiger partial charge on any atom is -0.331 e. The fourth-order valence-electron chi connectivity index (χ4n) is 3.18. The molecule has 26 heavy (non-hydrogen) atoms. The van der Waals surface area contributed by atoms with Crippen LogP contribution < -0.4 is 10.6 Å². The van der Waals surface area contributed by atoms with Crippen LogP contribution in [0, 0.1) is 25.2 Å². The Hall–Kier alpha value is -2.37. The van der Waals surface area contributed by atoms with Crippen molar-refractivity contribution in [1.29, 1.82) is 5.26 Å². The van der Waals surface area contributed by atoms with Gasteiger partial charge in [0.2, 0.25) is 0 Å². The number of carbonyl (C=O) groups is 2. The third-order valence-corrected chi connectivity index (χ3v) is 6.41. The molecule has 0 spiro atoms. The Kier molecular flexibility index (Phi) is 4.78. The van der Waals surface area contributed by atoms with Crippen molar-refractivity contribution < 1.29 is 9.59 Å². The van der Waals surface area contributed by atoms with Gasteiger partial charge in [-0.1, -0.05) is 0 Å². The molecular formula is C18H18N4O2S2. The molecule has 0 aliphatic carbocycles. The molecule has 2 amide bonds. The third kappa shape index (κ3) is 2.97. The lowest BCUT2D eigenvalue weighted by atomic mass is 10.1. The first-order valence-corrected chi connectivity index (χ1v) is 9.42. The number of aromatic nitrogens is 1. The lowest BCUT2D eigenvalue weighted by Gasteiger charge is -2.18. The number of thiocarbonyl (C=S) groups is 1. The Morgan fingerprint density at radius 3 is 2.46 bits per heavy atom.